The van der Waals surface area contributed by atoms with Crippen LogP contribution in [0.4, 0.5) is 0 Å². The van der Waals surface area contributed by atoms with Gasteiger partial charge in [0, 0.05) is 6.92 Å². The summed E-state index contributed by atoms with van der Waals surface area (Å²) in [6, 6.07) is 6.96. The maximum atomic E-state index is 11.6. The number of hydrogen-bond acceptors (Lipinski definition) is 5. The maximum absolute atomic E-state index is 11.6. The zero-order valence-corrected chi connectivity index (χ0v) is 11.6. The molecule has 0 aromatic heterocycles. The van der Waals surface area contributed by atoms with Crippen molar-refractivity contribution in [3.8, 4) is 5.75 Å². The Kier molecular flexibility index (Phi) is 4.74. The van der Waals surface area contributed by atoms with Crippen LogP contribution in [0.25, 0.3) is 0 Å². The van der Waals surface area contributed by atoms with Gasteiger partial charge in [-0.05, 0) is 31.9 Å². The predicted molar refractivity (Wildman–Crippen MR) is 71.6 cm³/mol. The zero-order chi connectivity index (χ0) is 14.5. The number of ketones is 1. The number of hydrogen-bond donors (Lipinski definition) is 0. The fourth-order valence-electron chi connectivity index (χ4n) is 2.15. The van der Waals surface area contributed by atoms with Gasteiger partial charge in [0.05, 0.1) is 12.2 Å². The van der Waals surface area contributed by atoms with Crippen molar-refractivity contribution >= 4 is 11.8 Å². The van der Waals surface area contributed by atoms with Gasteiger partial charge in [0.1, 0.15) is 5.75 Å². The third-order valence-corrected chi connectivity index (χ3v) is 3.05. The van der Waals surface area contributed by atoms with Crippen molar-refractivity contribution in [1.82, 2.24) is 0 Å². The number of ether oxygens (including phenoxy) is 3. The van der Waals surface area contributed by atoms with Gasteiger partial charge in [0.15, 0.2) is 11.9 Å². The SMILES string of the molecule is CC(=O)OC1CCCOC1Oc1ccccc1C(C)=O. The summed E-state index contributed by atoms with van der Waals surface area (Å²) in [5, 5.41) is 0. The summed E-state index contributed by atoms with van der Waals surface area (Å²) in [6.07, 6.45) is 0.382. The van der Waals surface area contributed by atoms with Crippen molar-refractivity contribution < 1.29 is 23.8 Å². The Hall–Kier alpha value is -1.88. The molecule has 1 aliphatic heterocycles. The molecule has 5 heteroatoms. The normalized spacial score (nSPS) is 22.1. The molecule has 108 valence electrons. The number of Topliss-reactive ketones (excluding diaryl/α,β-unsaturated/α-hetero) is 1. The minimum absolute atomic E-state index is 0.0829. The van der Waals surface area contributed by atoms with E-state index in [0.717, 1.165) is 6.42 Å². The van der Waals surface area contributed by atoms with E-state index in [4.69, 9.17) is 14.2 Å². The number of esters is 1. The highest BCUT2D eigenvalue weighted by molar-refractivity contribution is 5.96. The fraction of sp³-hybridized carbons (Fsp3) is 0.467. The summed E-state index contributed by atoms with van der Waals surface area (Å²) >= 11 is 0. The van der Waals surface area contributed by atoms with Crippen molar-refractivity contribution in [2.75, 3.05) is 6.61 Å². The van der Waals surface area contributed by atoms with Crippen LogP contribution in [0, 0.1) is 0 Å². The number of para-hydroxylation sites is 1. The predicted octanol–water partition coefficient (Wildman–Crippen LogP) is 2.34. The molecule has 1 saturated heterocycles. The first-order chi connectivity index (χ1) is 9.58. The van der Waals surface area contributed by atoms with Crippen LogP contribution in [0.1, 0.15) is 37.0 Å². The number of rotatable bonds is 4. The number of benzene rings is 1. The minimum Gasteiger partial charge on any atom is -0.460 e. The molecule has 0 N–H and O–H groups in total. The van der Waals surface area contributed by atoms with Gasteiger partial charge in [-0.15, -0.1) is 0 Å². The molecule has 20 heavy (non-hydrogen) atoms. The molecule has 0 spiro atoms. The van der Waals surface area contributed by atoms with Gasteiger partial charge in [0.25, 0.3) is 0 Å². The Balaban J connectivity index is 2.14. The lowest BCUT2D eigenvalue weighted by molar-refractivity contribution is -0.195. The minimum atomic E-state index is -0.673. The molecular weight excluding hydrogens is 260 g/mol. The molecule has 0 amide bonds. The standard InChI is InChI=1S/C15H18O5/c1-10(16)12-6-3-4-7-13(12)20-15-14(19-11(2)17)8-5-9-18-15/h3-4,6-7,14-15H,5,8-9H2,1-2H3. The van der Waals surface area contributed by atoms with Gasteiger partial charge >= 0.3 is 5.97 Å². The summed E-state index contributed by atoms with van der Waals surface area (Å²) < 4.78 is 16.5. The van der Waals surface area contributed by atoms with E-state index in [1.807, 2.05) is 0 Å². The van der Waals surface area contributed by atoms with Gasteiger partial charge in [-0.25, -0.2) is 0 Å². The molecule has 1 aromatic rings. The molecule has 2 atom stereocenters. The second-order valence-corrected chi connectivity index (χ2v) is 4.70. The molecule has 0 saturated carbocycles. The summed E-state index contributed by atoms with van der Waals surface area (Å²) in [6.45, 7) is 3.38. The molecule has 2 rings (SSSR count). The van der Waals surface area contributed by atoms with Crippen molar-refractivity contribution in [1.29, 1.82) is 0 Å². The third kappa shape index (κ3) is 3.57. The topological polar surface area (TPSA) is 61.8 Å². The zero-order valence-electron chi connectivity index (χ0n) is 11.6. The Morgan fingerprint density at radius 3 is 2.70 bits per heavy atom. The van der Waals surface area contributed by atoms with E-state index < -0.39 is 12.4 Å². The van der Waals surface area contributed by atoms with Crippen LogP contribution in [-0.4, -0.2) is 30.8 Å². The Morgan fingerprint density at radius 2 is 2.00 bits per heavy atom. The van der Waals surface area contributed by atoms with Gasteiger partial charge in [-0.3, -0.25) is 9.59 Å². The van der Waals surface area contributed by atoms with E-state index in [0.29, 0.717) is 24.3 Å². The summed E-state index contributed by atoms with van der Waals surface area (Å²) in [5.41, 5.74) is 0.489. The molecule has 1 aliphatic rings. The van der Waals surface area contributed by atoms with Crippen molar-refractivity contribution in [3.63, 3.8) is 0 Å². The molecule has 0 bridgehead atoms. The molecule has 1 fully saturated rings. The molecular formula is C15H18O5. The first kappa shape index (κ1) is 14.5. The average Bonchev–Trinajstić information content (AvgIpc) is 2.41. The summed E-state index contributed by atoms with van der Waals surface area (Å²) in [4.78, 5) is 22.7. The van der Waals surface area contributed by atoms with Gasteiger partial charge in [-0.2, -0.15) is 0 Å². The second kappa shape index (κ2) is 6.52. The number of carbonyl (C=O) groups excluding carboxylic acids is 2. The quantitative estimate of drug-likeness (QED) is 0.625. The van der Waals surface area contributed by atoms with Gasteiger partial charge < -0.3 is 14.2 Å². The molecule has 5 nitrogen and oxygen atoms in total. The first-order valence-electron chi connectivity index (χ1n) is 6.63. The van der Waals surface area contributed by atoms with E-state index in [-0.39, 0.29) is 11.8 Å². The fourth-order valence-corrected chi connectivity index (χ4v) is 2.15. The van der Waals surface area contributed by atoms with Crippen LogP contribution in [0.3, 0.4) is 0 Å². The lowest BCUT2D eigenvalue weighted by atomic mass is 10.1. The molecule has 0 radical (unpaired) electrons. The van der Waals surface area contributed by atoms with Crippen LogP contribution in [0.5, 0.6) is 5.75 Å². The average molecular weight is 278 g/mol. The summed E-state index contributed by atoms with van der Waals surface area (Å²) in [5.74, 6) is -0.00143. The first-order valence-corrected chi connectivity index (χ1v) is 6.63. The Morgan fingerprint density at radius 1 is 1.25 bits per heavy atom. The highest BCUT2D eigenvalue weighted by Crippen LogP contribution is 2.25. The highest BCUT2D eigenvalue weighted by atomic mass is 16.7. The number of carbonyl (C=O) groups is 2. The van der Waals surface area contributed by atoms with Crippen molar-refractivity contribution in [2.45, 2.75) is 39.1 Å². The van der Waals surface area contributed by atoms with Gasteiger partial charge in [0.2, 0.25) is 6.29 Å². The summed E-state index contributed by atoms with van der Waals surface area (Å²) in [7, 11) is 0. The van der Waals surface area contributed by atoms with Crippen LogP contribution >= 0.6 is 0 Å². The largest absolute Gasteiger partial charge is 0.460 e. The smallest absolute Gasteiger partial charge is 0.303 e. The highest BCUT2D eigenvalue weighted by Gasteiger charge is 2.31. The Labute approximate surface area is 117 Å². The third-order valence-electron chi connectivity index (χ3n) is 3.05. The van der Waals surface area contributed by atoms with Crippen LogP contribution in [0.2, 0.25) is 0 Å². The lowest BCUT2D eigenvalue weighted by Gasteiger charge is -2.31. The van der Waals surface area contributed by atoms with Gasteiger partial charge in [-0.1, -0.05) is 12.1 Å². The van der Waals surface area contributed by atoms with Crippen LogP contribution < -0.4 is 4.74 Å². The van der Waals surface area contributed by atoms with Crippen LogP contribution in [0.15, 0.2) is 24.3 Å². The monoisotopic (exact) mass is 278 g/mol. The van der Waals surface area contributed by atoms with Crippen LogP contribution in [-0.2, 0) is 14.3 Å². The maximum Gasteiger partial charge on any atom is 0.303 e. The van der Waals surface area contributed by atoms with Crippen molar-refractivity contribution in [3.05, 3.63) is 29.8 Å². The van der Waals surface area contributed by atoms with Crippen molar-refractivity contribution in [2.24, 2.45) is 0 Å². The second-order valence-electron chi connectivity index (χ2n) is 4.70. The lowest BCUT2D eigenvalue weighted by Crippen LogP contribution is -2.41. The van der Waals surface area contributed by atoms with E-state index in [1.54, 1.807) is 24.3 Å². The molecule has 1 aromatic carbocycles. The van der Waals surface area contributed by atoms with E-state index >= 15 is 0 Å². The van der Waals surface area contributed by atoms with E-state index in [9.17, 15) is 9.59 Å². The molecule has 0 aliphatic carbocycles. The van der Waals surface area contributed by atoms with E-state index in [1.165, 1.54) is 13.8 Å². The molecule has 2 unspecified atom stereocenters. The van der Waals surface area contributed by atoms with E-state index in [2.05, 4.69) is 0 Å². The molecule has 1 heterocycles. The Bertz CT molecular complexity index is 497.